The standard InChI is InChI=1S/C16H22N2O/c1-3-9-18(10-4-2)16-15-8-6-5-7-14(15)13(12-19)11-17-16/h5-8,11,19H,3-4,9-10,12H2,1-2H3. The second-order valence-electron chi connectivity index (χ2n) is 4.80. The van der Waals surface area contributed by atoms with Crippen molar-refractivity contribution < 1.29 is 5.11 Å². The molecular formula is C16H22N2O. The minimum absolute atomic E-state index is 0.0371. The Bertz CT molecular complexity index is 533. The van der Waals surface area contributed by atoms with E-state index in [4.69, 9.17) is 0 Å². The van der Waals surface area contributed by atoms with Crippen LogP contribution in [0.1, 0.15) is 32.3 Å². The zero-order chi connectivity index (χ0) is 13.7. The highest BCUT2D eigenvalue weighted by molar-refractivity contribution is 5.94. The topological polar surface area (TPSA) is 36.4 Å². The molecule has 0 spiro atoms. The van der Waals surface area contributed by atoms with E-state index in [0.29, 0.717) is 0 Å². The Morgan fingerprint density at radius 2 is 1.68 bits per heavy atom. The van der Waals surface area contributed by atoms with Gasteiger partial charge in [-0.1, -0.05) is 38.1 Å². The van der Waals surface area contributed by atoms with Crippen molar-refractivity contribution in [2.45, 2.75) is 33.3 Å². The first-order chi connectivity index (χ1) is 9.31. The molecule has 0 fully saturated rings. The number of aliphatic hydroxyl groups excluding tert-OH is 1. The quantitative estimate of drug-likeness (QED) is 0.863. The highest BCUT2D eigenvalue weighted by Gasteiger charge is 2.12. The smallest absolute Gasteiger partial charge is 0.136 e. The summed E-state index contributed by atoms with van der Waals surface area (Å²) in [5, 5.41) is 11.7. The molecule has 0 atom stereocenters. The Morgan fingerprint density at radius 1 is 1.05 bits per heavy atom. The van der Waals surface area contributed by atoms with Crippen molar-refractivity contribution >= 4 is 16.6 Å². The first-order valence-electron chi connectivity index (χ1n) is 7.04. The van der Waals surface area contributed by atoms with Crippen LogP contribution in [0.5, 0.6) is 0 Å². The summed E-state index contributed by atoms with van der Waals surface area (Å²) in [7, 11) is 0. The first kappa shape index (κ1) is 13.8. The lowest BCUT2D eigenvalue weighted by Crippen LogP contribution is -2.26. The lowest BCUT2D eigenvalue weighted by atomic mass is 10.1. The zero-order valence-corrected chi connectivity index (χ0v) is 11.8. The van der Waals surface area contributed by atoms with Gasteiger partial charge in [-0.05, 0) is 18.2 Å². The van der Waals surface area contributed by atoms with Crippen LogP contribution in [0.3, 0.4) is 0 Å². The van der Waals surface area contributed by atoms with Gasteiger partial charge in [0.25, 0.3) is 0 Å². The van der Waals surface area contributed by atoms with Crippen molar-refractivity contribution in [2.75, 3.05) is 18.0 Å². The minimum atomic E-state index is 0.0371. The van der Waals surface area contributed by atoms with Crippen molar-refractivity contribution in [3.8, 4) is 0 Å². The van der Waals surface area contributed by atoms with Crippen LogP contribution in [-0.4, -0.2) is 23.2 Å². The van der Waals surface area contributed by atoms with Crippen LogP contribution in [0.2, 0.25) is 0 Å². The average Bonchev–Trinajstić information content (AvgIpc) is 2.46. The van der Waals surface area contributed by atoms with Gasteiger partial charge < -0.3 is 10.0 Å². The van der Waals surface area contributed by atoms with E-state index in [1.165, 1.54) is 0 Å². The van der Waals surface area contributed by atoms with Gasteiger partial charge in [0.1, 0.15) is 5.82 Å². The van der Waals surface area contributed by atoms with Crippen LogP contribution >= 0.6 is 0 Å². The summed E-state index contributed by atoms with van der Waals surface area (Å²) < 4.78 is 0. The fourth-order valence-corrected chi connectivity index (χ4v) is 2.48. The maximum absolute atomic E-state index is 9.42. The molecule has 0 bridgehead atoms. The number of hydrogen-bond acceptors (Lipinski definition) is 3. The predicted octanol–water partition coefficient (Wildman–Crippen LogP) is 3.35. The van der Waals surface area contributed by atoms with Crippen LogP contribution in [-0.2, 0) is 6.61 Å². The number of hydrogen-bond donors (Lipinski definition) is 1. The Morgan fingerprint density at radius 3 is 2.26 bits per heavy atom. The van der Waals surface area contributed by atoms with E-state index in [1.807, 2.05) is 12.1 Å². The van der Waals surface area contributed by atoms with E-state index < -0.39 is 0 Å². The molecule has 0 unspecified atom stereocenters. The van der Waals surface area contributed by atoms with Gasteiger partial charge in [0.2, 0.25) is 0 Å². The third kappa shape index (κ3) is 2.87. The van der Waals surface area contributed by atoms with Crippen molar-refractivity contribution in [3.63, 3.8) is 0 Å². The second-order valence-corrected chi connectivity index (χ2v) is 4.80. The number of rotatable bonds is 6. The first-order valence-corrected chi connectivity index (χ1v) is 7.04. The van der Waals surface area contributed by atoms with Gasteiger partial charge in [-0.3, -0.25) is 0 Å². The van der Waals surface area contributed by atoms with E-state index in [0.717, 1.165) is 48.1 Å². The molecule has 0 aliphatic rings. The summed E-state index contributed by atoms with van der Waals surface area (Å²) in [6.45, 7) is 6.45. The van der Waals surface area contributed by atoms with Crippen molar-refractivity contribution in [1.82, 2.24) is 4.98 Å². The third-order valence-electron chi connectivity index (χ3n) is 3.31. The number of anilines is 1. The van der Waals surface area contributed by atoms with Gasteiger partial charge in [-0.15, -0.1) is 0 Å². The molecule has 2 rings (SSSR count). The van der Waals surface area contributed by atoms with Gasteiger partial charge in [-0.25, -0.2) is 4.98 Å². The summed E-state index contributed by atoms with van der Waals surface area (Å²) in [5.41, 5.74) is 0.896. The third-order valence-corrected chi connectivity index (χ3v) is 3.31. The molecule has 19 heavy (non-hydrogen) atoms. The van der Waals surface area contributed by atoms with Crippen LogP contribution in [0.15, 0.2) is 30.5 Å². The number of aliphatic hydroxyl groups is 1. The van der Waals surface area contributed by atoms with Gasteiger partial charge in [-0.2, -0.15) is 0 Å². The fraction of sp³-hybridized carbons (Fsp3) is 0.438. The average molecular weight is 258 g/mol. The van der Waals surface area contributed by atoms with E-state index in [1.54, 1.807) is 6.20 Å². The minimum Gasteiger partial charge on any atom is -0.392 e. The molecule has 3 heteroatoms. The normalized spacial score (nSPS) is 10.9. The number of nitrogens with zero attached hydrogens (tertiary/aromatic N) is 2. The number of pyridine rings is 1. The molecule has 102 valence electrons. The molecule has 0 amide bonds. The molecule has 0 radical (unpaired) electrons. The highest BCUT2D eigenvalue weighted by atomic mass is 16.3. The Hall–Kier alpha value is -1.61. The largest absolute Gasteiger partial charge is 0.392 e. The molecule has 1 aromatic heterocycles. The van der Waals surface area contributed by atoms with Crippen LogP contribution in [0.25, 0.3) is 10.8 Å². The molecule has 3 nitrogen and oxygen atoms in total. The van der Waals surface area contributed by atoms with E-state index in [2.05, 4.69) is 35.9 Å². The summed E-state index contributed by atoms with van der Waals surface area (Å²) in [4.78, 5) is 6.92. The summed E-state index contributed by atoms with van der Waals surface area (Å²) in [5.74, 6) is 1.04. The number of fused-ring (bicyclic) bond motifs is 1. The van der Waals surface area contributed by atoms with Gasteiger partial charge >= 0.3 is 0 Å². The van der Waals surface area contributed by atoms with Crippen LogP contribution in [0, 0.1) is 0 Å². The maximum atomic E-state index is 9.42. The van der Waals surface area contributed by atoms with Crippen molar-refractivity contribution in [2.24, 2.45) is 0 Å². The predicted molar refractivity (Wildman–Crippen MR) is 80.5 cm³/mol. The molecule has 1 heterocycles. The van der Waals surface area contributed by atoms with E-state index in [-0.39, 0.29) is 6.61 Å². The summed E-state index contributed by atoms with van der Waals surface area (Å²) >= 11 is 0. The van der Waals surface area contributed by atoms with Gasteiger partial charge in [0, 0.05) is 30.2 Å². The Balaban J connectivity index is 2.53. The summed E-state index contributed by atoms with van der Waals surface area (Å²) in [6, 6.07) is 8.19. The van der Waals surface area contributed by atoms with E-state index in [9.17, 15) is 5.11 Å². The van der Waals surface area contributed by atoms with Gasteiger partial charge in [0.05, 0.1) is 6.61 Å². The maximum Gasteiger partial charge on any atom is 0.136 e. The van der Waals surface area contributed by atoms with Crippen molar-refractivity contribution in [3.05, 3.63) is 36.0 Å². The van der Waals surface area contributed by atoms with Crippen LogP contribution < -0.4 is 4.90 Å². The fourth-order valence-electron chi connectivity index (χ4n) is 2.48. The Kier molecular flexibility index (Phi) is 4.74. The molecule has 1 aromatic carbocycles. The SMILES string of the molecule is CCCN(CCC)c1ncc(CO)c2ccccc12. The second kappa shape index (κ2) is 6.53. The molecule has 0 saturated carbocycles. The number of benzene rings is 1. The van der Waals surface area contributed by atoms with Gasteiger partial charge in [0.15, 0.2) is 0 Å². The monoisotopic (exact) mass is 258 g/mol. The van der Waals surface area contributed by atoms with Crippen LogP contribution in [0.4, 0.5) is 5.82 Å². The van der Waals surface area contributed by atoms with E-state index >= 15 is 0 Å². The molecule has 0 aliphatic heterocycles. The molecule has 0 aliphatic carbocycles. The lowest BCUT2D eigenvalue weighted by Gasteiger charge is -2.24. The lowest BCUT2D eigenvalue weighted by molar-refractivity contribution is 0.283. The summed E-state index contributed by atoms with van der Waals surface area (Å²) in [6.07, 6.45) is 4.02. The molecule has 0 saturated heterocycles. The van der Waals surface area contributed by atoms with Crippen molar-refractivity contribution in [1.29, 1.82) is 0 Å². The Labute approximate surface area is 114 Å². The highest BCUT2D eigenvalue weighted by Crippen LogP contribution is 2.27. The molecular weight excluding hydrogens is 236 g/mol. The molecule has 1 N–H and O–H groups in total. The molecule has 2 aromatic rings. The number of aromatic nitrogens is 1. The zero-order valence-electron chi connectivity index (χ0n) is 11.8.